The van der Waals surface area contributed by atoms with Crippen molar-refractivity contribution in [3.05, 3.63) is 83.4 Å². The zero-order valence-corrected chi connectivity index (χ0v) is 19.7. The number of hydrogen-bond donors (Lipinski definition) is 2. The van der Waals surface area contributed by atoms with Gasteiger partial charge in [-0.25, -0.2) is 14.6 Å². The number of carbonyl (C=O) groups excluding carboxylic acids is 1. The van der Waals surface area contributed by atoms with Gasteiger partial charge in [-0.05, 0) is 45.0 Å². The third-order valence-electron chi connectivity index (χ3n) is 5.54. The van der Waals surface area contributed by atoms with E-state index in [4.69, 9.17) is 4.52 Å². The highest BCUT2D eigenvalue weighted by Gasteiger charge is 2.14. The van der Waals surface area contributed by atoms with Crippen LogP contribution in [0, 0.1) is 20.8 Å². The molecule has 0 atom stereocenters. The van der Waals surface area contributed by atoms with E-state index in [1.807, 2.05) is 69.3 Å². The summed E-state index contributed by atoms with van der Waals surface area (Å²) in [5.74, 6) is 2.49. The number of nitrogens with zero attached hydrogens (tertiary/aromatic N) is 5. The molecule has 0 aliphatic carbocycles. The molecular formula is C26H25N7O2. The number of hydrogen-bond acceptors (Lipinski definition) is 7. The Bertz CT molecular complexity index is 1510. The molecule has 2 N–H and O–H groups in total. The average Bonchev–Trinajstić information content (AvgIpc) is 3.43. The number of nitrogens with one attached hydrogen (secondary N) is 2. The maximum Gasteiger partial charge on any atom is 0.251 e. The summed E-state index contributed by atoms with van der Waals surface area (Å²) in [6, 6.07) is 18.9. The van der Waals surface area contributed by atoms with Crippen LogP contribution in [0.5, 0.6) is 0 Å². The van der Waals surface area contributed by atoms with Gasteiger partial charge in [0, 0.05) is 36.0 Å². The summed E-state index contributed by atoms with van der Waals surface area (Å²) < 4.78 is 7.33. The zero-order chi connectivity index (χ0) is 24.4. The van der Waals surface area contributed by atoms with E-state index < -0.39 is 0 Å². The first-order valence-electron chi connectivity index (χ1n) is 11.3. The Kier molecular flexibility index (Phi) is 5.97. The van der Waals surface area contributed by atoms with Crippen LogP contribution in [0.2, 0.25) is 0 Å². The highest BCUT2D eigenvalue weighted by atomic mass is 16.5. The number of anilines is 1. The van der Waals surface area contributed by atoms with Crippen LogP contribution in [0.1, 0.15) is 27.6 Å². The summed E-state index contributed by atoms with van der Waals surface area (Å²) in [5.41, 5.74) is 4.09. The van der Waals surface area contributed by atoms with Gasteiger partial charge in [-0.1, -0.05) is 35.5 Å². The molecule has 0 spiro atoms. The van der Waals surface area contributed by atoms with E-state index in [2.05, 4.69) is 30.9 Å². The smallest absolute Gasteiger partial charge is 0.251 e. The van der Waals surface area contributed by atoms with Crippen molar-refractivity contribution in [2.24, 2.45) is 0 Å². The molecule has 0 saturated heterocycles. The third kappa shape index (κ3) is 4.74. The summed E-state index contributed by atoms with van der Waals surface area (Å²) in [7, 11) is 0. The molecule has 9 nitrogen and oxygen atoms in total. The Labute approximate surface area is 202 Å². The lowest BCUT2D eigenvalue weighted by Gasteiger charge is -2.10. The van der Waals surface area contributed by atoms with Gasteiger partial charge in [-0.2, -0.15) is 5.10 Å². The Morgan fingerprint density at radius 2 is 1.80 bits per heavy atom. The number of aryl methyl sites for hydroxylation is 3. The van der Waals surface area contributed by atoms with Gasteiger partial charge in [0.25, 0.3) is 5.91 Å². The molecule has 0 aliphatic heterocycles. The number of fused-ring (bicyclic) bond motifs is 1. The molecule has 0 unspecified atom stereocenters. The molecule has 0 aliphatic rings. The maximum absolute atomic E-state index is 12.8. The molecule has 2 aromatic carbocycles. The van der Waals surface area contributed by atoms with Crippen molar-refractivity contribution in [1.82, 2.24) is 30.2 Å². The van der Waals surface area contributed by atoms with Crippen LogP contribution in [-0.2, 0) is 0 Å². The van der Waals surface area contributed by atoms with Crippen molar-refractivity contribution in [1.29, 1.82) is 0 Å². The molecule has 35 heavy (non-hydrogen) atoms. The average molecular weight is 468 g/mol. The molecule has 5 aromatic rings. The fourth-order valence-corrected chi connectivity index (χ4v) is 3.96. The van der Waals surface area contributed by atoms with E-state index in [9.17, 15) is 4.79 Å². The van der Waals surface area contributed by atoms with Crippen LogP contribution in [0.3, 0.4) is 0 Å². The second-order valence-corrected chi connectivity index (χ2v) is 8.29. The first-order valence-corrected chi connectivity index (χ1v) is 11.3. The standard InChI is InChI=1S/C26H25N7O2/c1-16-13-17(2)33(31-16)24-15-23(29-18(3)30-24)27-11-12-28-26(34)20-9-10-22-21(14-20)25(35-32-22)19-7-5-4-6-8-19/h4-10,13-15H,11-12H2,1-3H3,(H,28,34)(H,27,29,30). The monoisotopic (exact) mass is 467 g/mol. The van der Waals surface area contributed by atoms with E-state index in [1.165, 1.54) is 0 Å². The number of rotatable bonds is 7. The van der Waals surface area contributed by atoms with Crippen LogP contribution in [0.15, 0.2) is 65.2 Å². The normalized spacial score (nSPS) is 11.1. The van der Waals surface area contributed by atoms with Gasteiger partial charge in [0.05, 0.1) is 11.1 Å². The highest BCUT2D eigenvalue weighted by molar-refractivity contribution is 6.01. The summed E-state index contributed by atoms with van der Waals surface area (Å²) >= 11 is 0. The van der Waals surface area contributed by atoms with Gasteiger partial charge < -0.3 is 15.2 Å². The molecule has 5 rings (SSSR count). The van der Waals surface area contributed by atoms with E-state index in [0.29, 0.717) is 47.4 Å². The van der Waals surface area contributed by atoms with Crippen LogP contribution in [-0.4, -0.2) is 43.9 Å². The molecule has 0 radical (unpaired) electrons. The van der Waals surface area contributed by atoms with Gasteiger partial charge in [0.1, 0.15) is 17.2 Å². The molecular weight excluding hydrogens is 442 g/mol. The molecule has 9 heteroatoms. The van der Waals surface area contributed by atoms with E-state index in [0.717, 1.165) is 22.3 Å². The Morgan fingerprint density at radius 1 is 0.971 bits per heavy atom. The van der Waals surface area contributed by atoms with Crippen molar-refractivity contribution >= 4 is 22.6 Å². The van der Waals surface area contributed by atoms with E-state index >= 15 is 0 Å². The zero-order valence-electron chi connectivity index (χ0n) is 19.7. The number of aromatic nitrogens is 5. The van der Waals surface area contributed by atoms with Crippen molar-refractivity contribution in [2.75, 3.05) is 18.4 Å². The minimum atomic E-state index is -0.170. The first-order chi connectivity index (χ1) is 17.0. The second kappa shape index (κ2) is 9.38. The minimum Gasteiger partial charge on any atom is -0.368 e. The molecule has 3 heterocycles. The summed E-state index contributed by atoms with van der Waals surface area (Å²) in [6.45, 7) is 6.70. The number of carbonyl (C=O) groups is 1. The summed E-state index contributed by atoms with van der Waals surface area (Å²) in [5, 5.41) is 15.6. The van der Waals surface area contributed by atoms with Crippen LogP contribution in [0.4, 0.5) is 5.82 Å². The number of amides is 1. The Hall–Kier alpha value is -4.53. The highest BCUT2D eigenvalue weighted by Crippen LogP contribution is 2.29. The van der Waals surface area contributed by atoms with Gasteiger partial charge in [-0.3, -0.25) is 4.79 Å². The van der Waals surface area contributed by atoms with Crippen molar-refractivity contribution in [3.63, 3.8) is 0 Å². The molecule has 0 fully saturated rings. The SMILES string of the molecule is Cc1cc(C)n(-c2cc(NCCNC(=O)c3ccc4noc(-c5ccccc5)c4c3)nc(C)n2)n1. The second-order valence-electron chi connectivity index (χ2n) is 8.29. The first kappa shape index (κ1) is 22.3. The Balaban J connectivity index is 1.23. The van der Waals surface area contributed by atoms with Gasteiger partial charge in [-0.15, -0.1) is 0 Å². The van der Waals surface area contributed by atoms with Crippen molar-refractivity contribution in [3.8, 4) is 17.1 Å². The Morgan fingerprint density at radius 3 is 2.57 bits per heavy atom. The van der Waals surface area contributed by atoms with Gasteiger partial charge >= 0.3 is 0 Å². The predicted molar refractivity (Wildman–Crippen MR) is 134 cm³/mol. The van der Waals surface area contributed by atoms with Gasteiger partial charge in [0.15, 0.2) is 11.6 Å². The molecule has 3 aromatic heterocycles. The van der Waals surface area contributed by atoms with Crippen LogP contribution >= 0.6 is 0 Å². The number of benzene rings is 2. The van der Waals surface area contributed by atoms with E-state index in [1.54, 1.807) is 16.8 Å². The quantitative estimate of drug-likeness (QED) is 0.345. The predicted octanol–water partition coefficient (Wildman–Crippen LogP) is 4.24. The fraction of sp³-hybridized carbons (Fsp3) is 0.192. The van der Waals surface area contributed by atoms with Crippen molar-refractivity contribution < 1.29 is 9.32 Å². The molecule has 0 bridgehead atoms. The minimum absolute atomic E-state index is 0.170. The maximum atomic E-state index is 12.8. The van der Waals surface area contributed by atoms with Crippen LogP contribution in [0.25, 0.3) is 28.0 Å². The fourth-order valence-electron chi connectivity index (χ4n) is 3.96. The largest absolute Gasteiger partial charge is 0.368 e. The lowest BCUT2D eigenvalue weighted by Crippen LogP contribution is -2.29. The topological polar surface area (TPSA) is 111 Å². The molecule has 1 amide bonds. The van der Waals surface area contributed by atoms with Crippen molar-refractivity contribution in [2.45, 2.75) is 20.8 Å². The lowest BCUT2D eigenvalue weighted by molar-refractivity contribution is 0.0955. The molecule has 0 saturated carbocycles. The summed E-state index contributed by atoms with van der Waals surface area (Å²) in [4.78, 5) is 21.7. The van der Waals surface area contributed by atoms with Gasteiger partial charge in [0.2, 0.25) is 0 Å². The lowest BCUT2D eigenvalue weighted by atomic mass is 10.1. The summed E-state index contributed by atoms with van der Waals surface area (Å²) in [6.07, 6.45) is 0. The third-order valence-corrected chi connectivity index (χ3v) is 5.54. The van der Waals surface area contributed by atoms with Crippen LogP contribution < -0.4 is 10.6 Å². The molecule has 176 valence electrons. The van der Waals surface area contributed by atoms with E-state index in [-0.39, 0.29) is 5.91 Å².